The van der Waals surface area contributed by atoms with Gasteiger partial charge in [-0.1, -0.05) is 0 Å². The van der Waals surface area contributed by atoms with Crippen LogP contribution in [0, 0.1) is 0 Å². The molecule has 19 heavy (non-hydrogen) atoms. The number of hydrogen-bond donors (Lipinski definition) is 3. The van der Waals surface area contributed by atoms with Gasteiger partial charge in [-0.25, -0.2) is 0 Å². The Morgan fingerprint density at radius 3 is 2.84 bits per heavy atom. The number of hydrogen-bond acceptors (Lipinski definition) is 5. The molecular formula is C14H22N2O3. The standard InChI is InChI=1S/C14H22N2O3/c1-18-13-7-10(8-16-5-6-17)14(19-2)11-3-4-15-9-12(11)13/h7,15-17H,3-6,8-9H2,1-2H3. The third-order valence-electron chi connectivity index (χ3n) is 3.41. The first kappa shape index (κ1) is 14.1. The van der Waals surface area contributed by atoms with E-state index < -0.39 is 0 Å². The minimum atomic E-state index is 0.133. The maximum atomic E-state index is 8.84. The van der Waals surface area contributed by atoms with E-state index in [2.05, 4.69) is 10.6 Å². The van der Waals surface area contributed by atoms with Crippen molar-refractivity contribution in [3.63, 3.8) is 0 Å². The summed E-state index contributed by atoms with van der Waals surface area (Å²) in [4.78, 5) is 0. The molecule has 0 unspecified atom stereocenters. The van der Waals surface area contributed by atoms with Gasteiger partial charge in [-0.3, -0.25) is 0 Å². The summed E-state index contributed by atoms with van der Waals surface area (Å²) >= 11 is 0. The van der Waals surface area contributed by atoms with E-state index in [9.17, 15) is 0 Å². The van der Waals surface area contributed by atoms with Crippen LogP contribution in [0.1, 0.15) is 16.7 Å². The first-order chi connectivity index (χ1) is 9.31. The minimum Gasteiger partial charge on any atom is -0.496 e. The lowest BCUT2D eigenvalue weighted by Gasteiger charge is -2.24. The highest BCUT2D eigenvalue weighted by molar-refractivity contribution is 5.54. The monoisotopic (exact) mass is 266 g/mol. The lowest BCUT2D eigenvalue weighted by atomic mass is 9.95. The number of aliphatic hydroxyl groups excluding tert-OH is 1. The Balaban J connectivity index is 2.36. The van der Waals surface area contributed by atoms with Gasteiger partial charge < -0.3 is 25.2 Å². The molecular weight excluding hydrogens is 244 g/mol. The summed E-state index contributed by atoms with van der Waals surface area (Å²) in [5.74, 6) is 1.85. The summed E-state index contributed by atoms with van der Waals surface area (Å²) in [6.07, 6.45) is 0.947. The molecule has 5 heteroatoms. The Bertz CT molecular complexity index is 435. The van der Waals surface area contributed by atoms with Gasteiger partial charge in [0, 0.05) is 36.3 Å². The summed E-state index contributed by atoms with van der Waals surface area (Å²) in [6.45, 7) is 3.15. The molecule has 1 aromatic carbocycles. The second-order valence-corrected chi connectivity index (χ2v) is 4.56. The van der Waals surface area contributed by atoms with E-state index in [-0.39, 0.29) is 6.61 Å². The van der Waals surface area contributed by atoms with Crippen molar-refractivity contribution in [3.8, 4) is 11.5 Å². The molecule has 0 saturated heterocycles. The van der Waals surface area contributed by atoms with Crippen molar-refractivity contribution in [3.05, 3.63) is 22.8 Å². The van der Waals surface area contributed by atoms with Crippen LogP contribution in [0.2, 0.25) is 0 Å². The molecule has 0 atom stereocenters. The highest BCUT2D eigenvalue weighted by Gasteiger charge is 2.21. The number of benzene rings is 1. The molecule has 0 spiro atoms. The lowest BCUT2D eigenvalue weighted by Crippen LogP contribution is -2.26. The van der Waals surface area contributed by atoms with Gasteiger partial charge >= 0.3 is 0 Å². The fraction of sp³-hybridized carbons (Fsp3) is 0.571. The van der Waals surface area contributed by atoms with Crippen LogP contribution in [-0.4, -0.2) is 39.0 Å². The van der Waals surface area contributed by atoms with Crippen LogP contribution in [0.4, 0.5) is 0 Å². The number of nitrogens with one attached hydrogen (secondary N) is 2. The Kier molecular flexibility index (Phi) is 5.01. The van der Waals surface area contributed by atoms with Crippen LogP contribution >= 0.6 is 0 Å². The number of methoxy groups -OCH3 is 2. The average Bonchev–Trinajstić information content (AvgIpc) is 2.46. The molecule has 1 aliphatic heterocycles. The molecule has 1 aliphatic rings. The van der Waals surface area contributed by atoms with E-state index in [4.69, 9.17) is 14.6 Å². The zero-order valence-corrected chi connectivity index (χ0v) is 11.6. The molecule has 1 heterocycles. The van der Waals surface area contributed by atoms with Crippen molar-refractivity contribution in [2.75, 3.05) is 33.9 Å². The van der Waals surface area contributed by atoms with Crippen LogP contribution in [0.3, 0.4) is 0 Å². The molecule has 0 aliphatic carbocycles. The van der Waals surface area contributed by atoms with E-state index in [0.717, 1.165) is 36.6 Å². The maximum absolute atomic E-state index is 8.84. The van der Waals surface area contributed by atoms with Gasteiger partial charge in [0.2, 0.25) is 0 Å². The van der Waals surface area contributed by atoms with Crippen LogP contribution in [0.25, 0.3) is 0 Å². The Hall–Kier alpha value is -1.30. The SMILES string of the molecule is COc1cc(CNCCO)c(OC)c2c1CNCC2. The third-order valence-corrected chi connectivity index (χ3v) is 3.41. The number of rotatable bonds is 6. The van der Waals surface area contributed by atoms with Crippen LogP contribution in [0.5, 0.6) is 11.5 Å². The zero-order chi connectivity index (χ0) is 13.7. The molecule has 0 amide bonds. The molecule has 0 saturated carbocycles. The highest BCUT2D eigenvalue weighted by atomic mass is 16.5. The van der Waals surface area contributed by atoms with Crippen molar-refractivity contribution < 1.29 is 14.6 Å². The summed E-state index contributed by atoms with van der Waals surface area (Å²) in [5, 5.41) is 15.4. The second kappa shape index (κ2) is 6.75. The van der Waals surface area contributed by atoms with Crippen LogP contribution in [0.15, 0.2) is 6.07 Å². The summed E-state index contributed by atoms with van der Waals surface area (Å²) in [5.41, 5.74) is 3.51. The van der Waals surface area contributed by atoms with Crippen molar-refractivity contribution in [1.29, 1.82) is 0 Å². The average molecular weight is 266 g/mol. The van der Waals surface area contributed by atoms with Crippen LogP contribution in [-0.2, 0) is 19.5 Å². The summed E-state index contributed by atoms with van der Waals surface area (Å²) in [6, 6.07) is 2.02. The first-order valence-electron chi connectivity index (χ1n) is 6.59. The van der Waals surface area contributed by atoms with E-state index >= 15 is 0 Å². The van der Waals surface area contributed by atoms with Gasteiger partial charge in [0.1, 0.15) is 11.5 Å². The molecule has 3 N–H and O–H groups in total. The Morgan fingerprint density at radius 1 is 1.32 bits per heavy atom. The van der Waals surface area contributed by atoms with E-state index in [1.54, 1.807) is 14.2 Å². The molecule has 1 aromatic rings. The normalized spacial score (nSPS) is 14.1. The Labute approximate surface area is 113 Å². The molecule has 0 aromatic heterocycles. The topological polar surface area (TPSA) is 62.8 Å². The largest absolute Gasteiger partial charge is 0.496 e. The molecule has 0 radical (unpaired) electrons. The molecule has 0 bridgehead atoms. The van der Waals surface area contributed by atoms with E-state index in [1.165, 1.54) is 11.1 Å². The maximum Gasteiger partial charge on any atom is 0.127 e. The minimum absolute atomic E-state index is 0.133. The third kappa shape index (κ3) is 3.00. The summed E-state index contributed by atoms with van der Waals surface area (Å²) in [7, 11) is 3.40. The number of ether oxygens (including phenoxy) is 2. The van der Waals surface area contributed by atoms with E-state index in [0.29, 0.717) is 13.1 Å². The second-order valence-electron chi connectivity index (χ2n) is 4.56. The predicted octanol–water partition coefficient (Wildman–Crippen LogP) is 0.431. The number of fused-ring (bicyclic) bond motifs is 1. The fourth-order valence-corrected chi connectivity index (χ4v) is 2.55. The van der Waals surface area contributed by atoms with Gasteiger partial charge in [-0.05, 0) is 19.0 Å². The Morgan fingerprint density at radius 2 is 2.16 bits per heavy atom. The van der Waals surface area contributed by atoms with Gasteiger partial charge in [-0.15, -0.1) is 0 Å². The fourth-order valence-electron chi connectivity index (χ4n) is 2.55. The van der Waals surface area contributed by atoms with Crippen molar-refractivity contribution in [2.24, 2.45) is 0 Å². The first-order valence-corrected chi connectivity index (χ1v) is 6.59. The number of aliphatic hydroxyl groups is 1. The molecule has 5 nitrogen and oxygen atoms in total. The quantitative estimate of drug-likeness (QED) is 0.652. The van der Waals surface area contributed by atoms with Gasteiger partial charge in [0.05, 0.1) is 20.8 Å². The predicted molar refractivity (Wildman–Crippen MR) is 73.7 cm³/mol. The van der Waals surface area contributed by atoms with Gasteiger partial charge in [0.25, 0.3) is 0 Å². The molecule has 0 fully saturated rings. The smallest absolute Gasteiger partial charge is 0.127 e. The lowest BCUT2D eigenvalue weighted by molar-refractivity contribution is 0.291. The van der Waals surface area contributed by atoms with Gasteiger partial charge in [0.15, 0.2) is 0 Å². The zero-order valence-electron chi connectivity index (χ0n) is 11.6. The van der Waals surface area contributed by atoms with Crippen molar-refractivity contribution in [2.45, 2.75) is 19.5 Å². The summed E-state index contributed by atoms with van der Waals surface area (Å²) < 4.78 is 11.1. The highest BCUT2D eigenvalue weighted by Crippen LogP contribution is 2.36. The van der Waals surface area contributed by atoms with Crippen molar-refractivity contribution in [1.82, 2.24) is 10.6 Å². The van der Waals surface area contributed by atoms with Crippen LogP contribution < -0.4 is 20.1 Å². The van der Waals surface area contributed by atoms with Gasteiger partial charge in [-0.2, -0.15) is 0 Å². The van der Waals surface area contributed by atoms with E-state index in [1.807, 2.05) is 6.07 Å². The molecule has 2 rings (SSSR count). The van der Waals surface area contributed by atoms with Crippen molar-refractivity contribution >= 4 is 0 Å². The molecule has 106 valence electrons.